The van der Waals surface area contributed by atoms with Crippen molar-refractivity contribution in [1.29, 1.82) is 0 Å². The number of carbonyl (C=O) groups is 1. The highest BCUT2D eigenvalue weighted by molar-refractivity contribution is 14.1. The van der Waals surface area contributed by atoms with E-state index in [1.165, 1.54) is 0 Å². The molecule has 0 radical (unpaired) electrons. The molecule has 0 aromatic carbocycles. The van der Waals surface area contributed by atoms with Gasteiger partial charge >= 0.3 is 0 Å². The lowest BCUT2D eigenvalue weighted by atomic mass is 9.95. The van der Waals surface area contributed by atoms with E-state index in [1.807, 2.05) is 6.92 Å². The second-order valence-electron chi connectivity index (χ2n) is 2.53. The van der Waals surface area contributed by atoms with Crippen LogP contribution in [0.4, 0.5) is 0 Å². The first-order valence-corrected chi connectivity index (χ1v) is 4.68. The predicted octanol–water partition coefficient (Wildman–Crippen LogP) is 2.28. The fourth-order valence-electron chi connectivity index (χ4n) is 0.534. The summed E-state index contributed by atoms with van der Waals surface area (Å²) in [7, 11) is 0. The smallest absolute Gasteiger partial charge is 0.132 e. The molecule has 0 amide bonds. The van der Waals surface area contributed by atoms with Gasteiger partial charge in [0.05, 0.1) is 0 Å². The number of carbonyl (C=O) groups excluding carboxylic acids is 1. The Kier molecular flexibility index (Phi) is 4.44. The Hall–Kier alpha value is 0.400. The van der Waals surface area contributed by atoms with Crippen LogP contribution in [0.5, 0.6) is 0 Å². The Bertz CT molecular complexity index is 101. The van der Waals surface area contributed by atoms with E-state index in [2.05, 4.69) is 29.5 Å². The van der Waals surface area contributed by atoms with Crippen LogP contribution in [-0.4, -0.2) is 10.2 Å². The monoisotopic (exact) mass is 240 g/mol. The van der Waals surface area contributed by atoms with Gasteiger partial charge in [-0.2, -0.15) is 0 Å². The first-order chi connectivity index (χ1) is 4.09. The molecule has 0 aliphatic heterocycles. The second kappa shape index (κ2) is 4.25. The zero-order valence-corrected chi connectivity index (χ0v) is 8.31. The maximum Gasteiger partial charge on any atom is 0.132 e. The summed E-state index contributed by atoms with van der Waals surface area (Å²) in [5, 5.41) is 0. The fourth-order valence-corrected chi connectivity index (χ4v) is 1.30. The Morgan fingerprint density at radius 2 is 2.00 bits per heavy atom. The van der Waals surface area contributed by atoms with E-state index in [4.69, 9.17) is 0 Å². The predicted molar refractivity (Wildman–Crippen MR) is 47.9 cm³/mol. The van der Waals surface area contributed by atoms with Gasteiger partial charge in [0.2, 0.25) is 0 Å². The molecule has 0 aliphatic carbocycles. The molecule has 2 atom stereocenters. The highest BCUT2D eigenvalue weighted by Gasteiger charge is 2.14. The lowest BCUT2D eigenvalue weighted by Gasteiger charge is -2.12. The summed E-state index contributed by atoms with van der Waals surface area (Å²) in [6.45, 7) is 5.76. The molecule has 2 unspecified atom stereocenters. The average molecular weight is 240 g/mol. The minimum atomic E-state index is 0.238. The molecular formula is C7H13IO. The third-order valence-corrected chi connectivity index (χ3v) is 3.13. The molecule has 9 heavy (non-hydrogen) atoms. The normalized spacial score (nSPS) is 16.9. The molecule has 0 saturated heterocycles. The number of hydrogen-bond acceptors (Lipinski definition) is 1. The van der Waals surface area contributed by atoms with Crippen molar-refractivity contribution in [3.8, 4) is 0 Å². The molecule has 2 heteroatoms. The van der Waals surface area contributed by atoms with Gasteiger partial charge in [0.1, 0.15) is 5.78 Å². The molecule has 0 spiro atoms. The van der Waals surface area contributed by atoms with Gasteiger partial charge in [0.15, 0.2) is 0 Å². The molecule has 0 heterocycles. The van der Waals surface area contributed by atoms with Crippen LogP contribution in [-0.2, 0) is 4.79 Å². The molecule has 1 nitrogen and oxygen atoms in total. The molecule has 54 valence electrons. The van der Waals surface area contributed by atoms with Gasteiger partial charge in [-0.15, -0.1) is 0 Å². The Morgan fingerprint density at radius 1 is 1.56 bits per heavy atom. The van der Waals surface area contributed by atoms with Crippen molar-refractivity contribution in [2.24, 2.45) is 11.8 Å². The van der Waals surface area contributed by atoms with Gasteiger partial charge in [-0.05, 0) is 12.8 Å². The summed E-state index contributed by atoms with van der Waals surface area (Å²) in [6.07, 6.45) is 0. The SMILES string of the molecule is CC(=O)C(C)C(C)CI. The largest absolute Gasteiger partial charge is 0.300 e. The van der Waals surface area contributed by atoms with Gasteiger partial charge in [-0.25, -0.2) is 0 Å². The van der Waals surface area contributed by atoms with Crippen LogP contribution in [0.1, 0.15) is 20.8 Å². The van der Waals surface area contributed by atoms with Crippen molar-refractivity contribution in [1.82, 2.24) is 0 Å². The number of ketones is 1. The van der Waals surface area contributed by atoms with E-state index in [0.29, 0.717) is 11.7 Å². The maximum atomic E-state index is 10.7. The molecule has 0 fully saturated rings. The van der Waals surface area contributed by atoms with Crippen LogP contribution in [0.25, 0.3) is 0 Å². The average Bonchev–Trinajstić information content (AvgIpc) is 1.84. The van der Waals surface area contributed by atoms with Crippen molar-refractivity contribution in [3.63, 3.8) is 0 Å². The van der Waals surface area contributed by atoms with Gasteiger partial charge < -0.3 is 0 Å². The lowest BCUT2D eigenvalue weighted by molar-refractivity contribution is -0.121. The quantitative estimate of drug-likeness (QED) is 0.546. The molecular weight excluding hydrogens is 227 g/mol. The molecule has 0 aromatic heterocycles. The standard InChI is InChI=1S/C7H13IO/c1-5(4-8)6(2)7(3)9/h5-6H,4H2,1-3H3. The van der Waals surface area contributed by atoms with Crippen molar-refractivity contribution < 1.29 is 4.79 Å². The molecule has 0 aromatic rings. The van der Waals surface area contributed by atoms with Crippen molar-refractivity contribution in [2.75, 3.05) is 4.43 Å². The third-order valence-electron chi connectivity index (χ3n) is 1.74. The van der Waals surface area contributed by atoms with Gasteiger partial charge in [0, 0.05) is 10.3 Å². The zero-order valence-electron chi connectivity index (χ0n) is 6.15. The summed E-state index contributed by atoms with van der Waals surface area (Å²) in [5.41, 5.74) is 0. The van der Waals surface area contributed by atoms with Crippen molar-refractivity contribution >= 4 is 28.4 Å². The Morgan fingerprint density at radius 3 is 2.11 bits per heavy atom. The number of Topliss-reactive ketones (excluding diaryl/α,β-unsaturated/α-hetero) is 1. The topological polar surface area (TPSA) is 17.1 Å². The molecule has 0 aliphatic rings. The van der Waals surface area contributed by atoms with Crippen molar-refractivity contribution in [3.05, 3.63) is 0 Å². The first-order valence-electron chi connectivity index (χ1n) is 3.16. The van der Waals surface area contributed by atoms with Gasteiger partial charge in [-0.1, -0.05) is 36.4 Å². The van der Waals surface area contributed by atoms with Crippen LogP contribution in [0.2, 0.25) is 0 Å². The number of hydrogen-bond donors (Lipinski definition) is 0. The summed E-state index contributed by atoms with van der Waals surface area (Å²) in [4.78, 5) is 10.7. The minimum Gasteiger partial charge on any atom is -0.300 e. The molecule has 0 N–H and O–H groups in total. The van der Waals surface area contributed by atoms with Crippen LogP contribution in [0.3, 0.4) is 0 Å². The Balaban J connectivity index is 3.72. The highest BCUT2D eigenvalue weighted by atomic mass is 127. The molecule has 0 saturated carbocycles. The van der Waals surface area contributed by atoms with Crippen LogP contribution in [0.15, 0.2) is 0 Å². The third kappa shape index (κ3) is 3.18. The van der Waals surface area contributed by atoms with Gasteiger partial charge in [-0.3, -0.25) is 4.79 Å². The van der Waals surface area contributed by atoms with E-state index in [-0.39, 0.29) is 5.92 Å². The number of halogens is 1. The van der Waals surface area contributed by atoms with Crippen LogP contribution < -0.4 is 0 Å². The molecule has 0 bridgehead atoms. The number of alkyl halides is 1. The lowest BCUT2D eigenvalue weighted by Crippen LogP contribution is -2.16. The van der Waals surface area contributed by atoms with E-state index in [1.54, 1.807) is 6.92 Å². The summed E-state index contributed by atoms with van der Waals surface area (Å²) < 4.78 is 1.07. The van der Waals surface area contributed by atoms with Crippen LogP contribution in [0, 0.1) is 11.8 Å². The minimum absolute atomic E-state index is 0.238. The van der Waals surface area contributed by atoms with Crippen molar-refractivity contribution in [2.45, 2.75) is 20.8 Å². The first kappa shape index (κ1) is 9.40. The summed E-state index contributed by atoms with van der Waals surface area (Å²) in [6, 6.07) is 0. The summed E-state index contributed by atoms with van der Waals surface area (Å²) >= 11 is 2.31. The molecule has 0 rings (SSSR count). The van der Waals surface area contributed by atoms with E-state index < -0.39 is 0 Å². The second-order valence-corrected chi connectivity index (χ2v) is 3.41. The van der Waals surface area contributed by atoms with E-state index in [9.17, 15) is 4.79 Å². The summed E-state index contributed by atoms with van der Waals surface area (Å²) in [5.74, 6) is 1.07. The van der Waals surface area contributed by atoms with Crippen LogP contribution >= 0.6 is 22.6 Å². The fraction of sp³-hybridized carbons (Fsp3) is 0.857. The highest BCUT2D eigenvalue weighted by Crippen LogP contribution is 2.13. The van der Waals surface area contributed by atoms with E-state index in [0.717, 1.165) is 4.43 Å². The maximum absolute atomic E-state index is 10.7. The number of rotatable bonds is 3. The Labute approximate surface area is 70.4 Å². The zero-order chi connectivity index (χ0) is 7.44. The van der Waals surface area contributed by atoms with E-state index >= 15 is 0 Å². The van der Waals surface area contributed by atoms with Gasteiger partial charge in [0.25, 0.3) is 0 Å².